The molecule has 0 heterocycles. The summed E-state index contributed by atoms with van der Waals surface area (Å²) in [6.07, 6.45) is 88.9. The molecule has 0 aromatic heterocycles. The van der Waals surface area contributed by atoms with Crippen LogP contribution >= 0.6 is 0 Å². The van der Waals surface area contributed by atoms with Gasteiger partial charge in [-0.1, -0.05) is 243 Å². The topological polar surface area (TPSA) is 0 Å². The first-order valence-electron chi connectivity index (χ1n) is 30.0. The van der Waals surface area contributed by atoms with Crippen molar-refractivity contribution in [2.45, 2.75) is 95.8 Å². The highest BCUT2D eigenvalue weighted by Gasteiger charge is 2.45. The lowest BCUT2D eigenvalue weighted by Crippen LogP contribution is -2.34. The molecule has 0 aliphatic heterocycles. The Kier molecular flexibility index (Phi) is 15.0. The Morgan fingerprint density at radius 3 is 1.71 bits per heavy atom. The van der Waals surface area contributed by atoms with Crippen molar-refractivity contribution in [3.8, 4) is 0 Å². The summed E-state index contributed by atoms with van der Waals surface area (Å²) < 4.78 is 0. The van der Waals surface area contributed by atoms with Crippen LogP contribution in [0.1, 0.15) is 107 Å². The fourth-order valence-corrected chi connectivity index (χ4v) is 14.9. The Labute approximate surface area is 466 Å². The van der Waals surface area contributed by atoms with Crippen LogP contribution in [0.2, 0.25) is 0 Å². The SMILES string of the molecule is C1=CCCC(C2=CC(C3=CCCC=C3)=CC(C3=CCC(C4=C(C5=CC=CCC5)C(c5ccccc5)C(C5C=CC=CC5)C(C5=CC=CCC5)=C4C4=CCC(C5=CC(C6C=CC=CC6)CC(c6ccccc6)=C5)C=C4)C=C3)C2)=C1. The minimum atomic E-state index is 0.200. The van der Waals surface area contributed by atoms with Crippen LogP contribution in [0.15, 0.2) is 315 Å². The van der Waals surface area contributed by atoms with E-state index in [2.05, 4.69) is 243 Å². The summed E-state index contributed by atoms with van der Waals surface area (Å²) in [5, 5.41) is 0. The molecule has 11 aliphatic carbocycles. The average molecular weight is 1010 g/mol. The maximum Gasteiger partial charge on any atom is 0.0170 e. The second-order valence-electron chi connectivity index (χ2n) is 23.5. The smallest absolute Gasteiger partial charge is 0.0170 e. The van der Waals surface area contributed by atoms with Gasteiger partial charge in [-0.15, -0.1) is 0 Å². The lowest BCUT2D eigenvalue weighted by molar-refractivity contribution is 0.395. The summed E-state index contributed by atoms with van der Waals surface area (Å²) in [6, 6.07) is 22.9. The van der Waals surface area contributed by atoms with Crippen LogP contribution in [0, 0.1) is 41.4 Å². The zero-order valence-corrected chi connectivity index (χ0v) is 45.6. The number of hydrogen-bond donors (Lipinski definition) is 0. The fraction of sp³-hybridized carbons (Fsp3) is 0.282. The molecular weight excluding hydrogens is 937 g/mol. The highest BCUT2D eigenvalue weighted by atomic mass is 14.5. The van der Waals surface area contributed by atoms with E-state index in [4.69, 9.17) is 0 Å². The zero-order chi connectivity index (χ0) is 52.0. The molecule has 11 aliphatic rings. The number of hydrogen-bond acceptors (Lipinski definition) is 0. The van der Waals surface area contributed by atoms with Gasteiger partial charge in [0.2, 0.25) is 0 Å². The average Bonchev–Trinajstić information content (AvgIpc) is 3.54. The molecule has 78 heavy (non-hydrogen) atoms. The van der Waals surface area contributed by atoms with Gasteiger partial charge >= 0.3 is 0 Å². The number of benzene rings is 2. The molecule has 0 spiro atoms. The largest absolute Gasteiger partial charge is 0.0842 e. The predicted octanol–water partition coefficient (Wildman–Crippen LogP) is 20.3. The third kappa shape index (κ3) is 10.6. The van der Waals surface area contributed by atoms with Gasteiger partial charge in [-0.25, -0.2) is 0 Å². The molecular formula is C78H76. The van der Waals surface area contributed by atoms with Crippen molar-refractivity contribution in [1.29, 1.82) is 0 Å². The van der Waals surface area contributed by atoms with Crippen molar-refractivity contribution < 1.29 is 0 Å². The van der Waals surface area contributed by atoms with E-state index >= 15 is 0 Å². The van der Waals surface area contributed by atoms with Crippen LogP contribution in [0.25, 0.3) is 5.57 Å². The van der Waals surface area contributed by atoms with Crippen molar-refractivity contribution in [2.24, 2.45) is 41.4 Å². The van der Waals surface area contributed by atoms with Gasteiger partial charge in [0, 0.05) is 29.6 Å². The Balaban J connectivity index is 0.957. The first kappa shape index (κ1) is 50.2. The molecule has 0 nitrogen and oxygen atoms in total. The molecule has 388 valence electrons. The third-order valence-electron chi connectivity index (χ3n) is 18.7. The molecule has 8 atom stereocenters. The Hall–Kier alpha value is -7.28. The second-order valence-corrected chi connectivity index (χ2v) is 23.5. The monoisotopic (exact) mass is 1010 g/mol. The van der Waals surface area contributed by atoms with Gasteiger partial charge in [-0.2, -0.15) is 0 Å². The van der Waals surface area contributed by atoms with Crippen LogP contribution in [0.3, 0.4) is 0 Å². The highest BCUT2D eigenvalue weighted by Crippen LogP contribution is 2.59. The number of rotatable bonds is 12. The summed E-state index contributed by atoms with van der Waals surface area (Å²) in [4.78, 5) is 0. The summed E-state index contributed by atoms with van der Waals surface area (Å²) in [5.41, 5.74) is 23.8. The molecule has 0 saturated carbocycles. The van der Waals surface area contributed by atoms with E-state index < -0.39 is 0 Å². The van der Waals surface area contributed by atoms with Crippen molar-refractivity contribution in [2.75, 3.05) is 0 Å². The molecule has 0 radical (unpaired) electrons. The molecule has 2 aromatic rings. The van der Waals surface area contributed by atoms with Crippen LogP contribution < -0.4 is 0 Å². The first-order valence-corrected chi connectivity index (χ1v) is 30.0. The van der Waals surface area contributed by atoms with Gasteiger partial charge in [-0.3, -0.25) is 0 Å². The van der Waals surface area contributed by atoms with Crippen molar-refractivity contribution in [3.63, 3.8) is 0 Å². The van der Waals surface area contributed by atoms with E-state index in [-0.39, 0.29) is 17.8 Å². The molecule has 0 N–H and O–H groups in total. The fourth-order valence-electron chi connectivity index (χ4n) is 14.9. The Bertz CT molecular complexity index is 3390. The van der Waals surface area contributed by atoms with Gasteiger partial charge in [0.25, 0.3) is 0 Å². The maximum atomic E-state index is 2.69. The molecule has 0 saturated heterocycles. The standard InChI is InChI=1S/C78H76/c1-9-25-55(26-10-1)67-49-68(56-27-11-2-12-28-56)52-71(51-67)59-41-45-65(46-42-59)77-75(63-37-21-7-22-38-63)73(61-33-17-5-18-34-61)74(62-35-19-6-20-36-62)76(64-39-23-8-24-40-64)78(77)66-47-43-60(44-48-66)72-53-69(57-29-13-3-14-30-57)50-70(54-72)58-31-15-4-16-32-58/h1-3,5-13,15,17-21,23,25-27,29,31-33,35-37,39,41,43-47,50-52,54,56,59,61,66,68,72-74H,4,14,16,22,24,28,30,34,38,40,42,48-49,53H2. The van der Waals surface area contributed by atoms with Crippen LogP contribution in [0.5, 0.6) is 0 Å². The maximum absolute atomic E-state index is 2.69. The molecule has 8 unspecified atom stereocenters. The molecule has 0 heteroatoms. The van der Waals surface area contributed by atoms with Crippen LogP contribution in [-0.2, 0) is 0 Å². The Morgan fingerprint density at radius 2 is 1.06 bits per heavy atom. The summed E-state index contributed by atoms with van der Waals surface area (Å²) in [5.74, 6) is 2.67. The van der Waals surface area contributed by atoms with E-state index in [1.54, 1.807) is 16.7 Å². The minimum absolute atomic E-state index is 0.200. The van der Waals surface area contributed by atoms with Crippen molar-refractivity contribution >= 4 is 5.57 Å². The van der Waals surface area contributed by atoms with E-state index in [9.17, 15) is 0 Å². The van der Waals surface area contributed by atoms with Gasteiger partial charge in [0.1, 0.15) is 0 Å². The molecule has 13 rings (SSSR count). The predicted molar refractivity (Wildman–Crippen MR) is 331 cm³/mol. The summed E-state index contributed by atoms with van der Waals surface area (Å²) >= 11 is 0. The Morgan fingerprint density at radius 1 is 0.372 bits per heavy atom. The van der Waals surface area contributed by atoms with E-state index in [1.165, 1.54) is 72.4 Å². The van der Waals surface area contributed by atoms with Crippen LogP contribution in [0.4, 0.5) is 0 Å². The second kappa shape index (κ2) is 23.4. The summed E-state index contributed by atoms with van der Waals surface area (Å²) in [6.45, 7) is 0. The minimum Gasteiger partial charge on any atom is -0.0842 e. The molecule has 0 fully saturated rings. The van der Waals surface area contributed by atoms with Gasteiger partial charge in [0.15, 0.2) is 0 Å². The number of allylic oxidation sites excluding steroid dienone is 44. The molecule has 0 bridgehead atoms. The third-order valence-corrected chi connectivity index (χ3v) is 18.7. The first-order chi connectivity index (χ1) is 38.7. The lowest BCUT2D eigenvalue weighted by atomic mass is 9.57. The van der Waals surface area contributed by atoms with Gasteiger partial charge < -0.3 is 0 Å². The van der Waals surface area contributed by atoms with Crippen molar-refractivity contribution in [1.82, 2.24) is 0 Å². The van der Waals surface area contributed by atoms with Gasteiger partial charge in [-0.05, 0) is 197 Å². The summed E-state index contributed by atoms with van der Waals surface area (Å²) in [7, 11) is 0. The highest BCUT2D eigenvalue weighted by molar-refractivity contribution is 5.73. The van der Waals surface area contributed by atoms with Crippen molar-refractivity contribution in [3.05, 3.63) is 327 Å². The van der Waals surface area contributed by atoms with Crippen LogP contribution in [-0.4, -0.2) is 0 Å². The normalized spacial score (nSPS) is 29.5. The molecule has 0 amide bonds. The van der Waals surface area contributed by atoms with E-state index in [0.29, 0.717) is 29.6 Å². The van der Waals surface area contributed by atoms with E-state index in [0.717, 1.165) is 89.9 Å². The quantitative estimate of drug-likeness (QED) is 0.199. The lowest BCUT2D eigenvalue weighted by Gasteiger charge is -2.46. The van der Waals surface area contributed by atoms with Gasteiger partial charge in [0.05, 0.1) is 0 Å². The van der Waals surface area contributed by atoms with E-state index in [1.807, 2.05) is 0 Å². The zero-order valence-electron chi connectivity index (χ0n) is 45.6. The molecule has 2 aromatic carbocycles.